The van der Waals surface area contributed by atoms with Crippen LogP contribution in [0.25, 0.3) is 5.70 Å². The maximum Gasteiger partial charge on any atom is 0.227 e. The minimum absolute atomic E-state index is 0.236. The summed E-state index contributed by atoms with van der Waals surface area (Å²) in [7, 11) is 3.35. The zero-order chi connectivity index (χ0) is 24.8. The van der Waals surface area contributed by atoms with Gasteiger partial charge in [-0.2, -0.15) is 4.98 Å². The molecule has 0 fully saturated rings. The molecule has 0 unspecified atom stereocenters. The number of ether oxygens (including phenoxy) is 3. The lowest BCUT2D eigenvalue weighted by atomic mass is 9.84. The third kappa shape index (κ3) is 3.69. The quantitative estimate of drug-likeness (QED) is 0.344. The van der Waals surface area contributed by atoms with Crippen LogP contribution in [-0.4, -0.2) is 35.2 Å². The third-order valence-electron chi connectivity index (χ3n) is 6.62. The molecule has 0 aliphatic carbocycles. The van der Waals surface area contributed by atoms with E-state index in [4.69, 9.17) is 24.3 Å². The molecule has 0 spiro atoms. The summed E-state index contributed by atoms with van der Waals surface area (Å²) in [6.45, 7) is 2.09. The number of thioether (sulfide) groups is 1. The molecule has 7 nitrogen and oxygen atoms in total. The highest BCUT2D eigenvalue weighted by atomic mass is 32.2. The Morgan fingerprint density at radius 2 is 1.75 bits per heavy atom. The summed E-state index contributed by atoms with van der Waals surface area (Å²) < 4.78 is 19.7. The van der Waals surface area contributed by atoms with Crippen LogP contribution in [0.5, 0.6) is 17.2 Å². The number of nitrogens with zero attached hydrogens (tertiary/aromatic N) is 3. The molecule has 8 heteroatoms. The Bertz CT molecular complexity index is 1480. The molecule has 1 N–H and O–H groups in total. The zero-order valence-electron chi connectivity index (χ0n) is 20.5. The van der Waals surface area contributed by atoms with Crippen molar-refractivity contribution in [2.24, 2.45) is 0 Å². The van der Waals surface area contributed by atoms with E-state index in [9.17, 15) is 0 Å². The van der Waals surface area contributed by atoms with Crippen LogP contribution in [0, 0.1) is 6.92 Å². The van der Waals surface area contributed by atoms with E-state index >= 15 is 0 Å². The second-order valence-electron chi connectivity index (χ2n) is 8.77. The molecule has 0 radical (unpaired) electrons. The fraction of sp³-hybridized carbons (Fsp3) is 0.214. The second-order valence-corrected chi connectivity index (χ2v) is 9.55. The van der Waals surface area contributed by atoms with Crippen molar-refractivity contribution in [3.8, 4) is 17.2 Å². The van der Waals surface area contributed by atoms with Crippen LogP contribution in [0.2, 0.25) is 0 Å². The van der Waals surface area contributed by atoms with Crippen molar-refractivity contribution in [3.05, 3.63) is 94.6 Å². The van der Waals surface area contributed by atoms with Crippen molar-refractivity contribution in [2.45, 2.75) is 24.2 Å². The number of aromatic nitrogens is 3. The van der Waals surface area contributed by atoms with E-state index < -0.39 is 0 Å². The number of benzene rings is 3. The molecule has 2 aliphatic rings. The summed E-state index contributed by atoms with van der Waals surface area (Å²) in [5.41, 5.74) is 6.31. The van der Waals surface area contributed by atoms with Crippen LogP contribution in [0.15, 0.2) is 77.5 Å². The van der Waals surface area contributed by atoms with E-state index in [1.165, 1.54) is 11.8 Å². The molecule has 4 aromatic rings. The Morgan fingerprint density at radius 3 is 2.50 bits per heavy atom. The molecule has 182 valence electrons. The summed E-state index contributed by atoms with van der Waals surface area (Å²) in [6, 6.07) is 22.2. The van der Waals surface area contributed by atoms with Crippen molar-refractivity contribution in [2.75, 3.05) is 25.8 Å². The molecule has 3 heterocycles. The molecular formula is C28H26N4O3S. The molecule has 6 rings (SSSR count). The number of anilines is 1. The van der Waals surface area contributed by atoms with Gasteiger partial charge in [0.2, 0.25) is 11.1 Å². The van der Waals surface area contributed by atoms with Crippen LogP contribution >= 0.6 is 11.8 Å². The van der Waals surface area contributed by atoms with Gasteiger partial charge in [0.15, 0.2) is 0 Å². The fourth-order valence-electron chi connectivity index (χ4n) is 4.90. The summed E-state index contributed by atoms with van der Waals surface area (Å²) in [6.07, 6.45) is 1.62. The first-order valence-electron chi connectivity index (χ1n) is 11.7. The number of fused-ring (bicyclic) bond motifs is 3. The van der Waals surface area contributed by atoms with Crippen molar-refractivity contribution in [1.82, 2.24) is 14.8 Å². The highest BCUT2D eigenvalue weighted by Gasteiger charge is 2.41. The zero-order valence-corrected chi connectivity index (χ0v) is 21.3. The van der Waals surface area contributed by atoms with Gasteiger partial charge < -0.3 is 19.5 Å². The van der Waals surface area contributed by atoms with Crippen molar-refractivity contribution in [3.63, 3.8) is 0 Å². The van der Waals surface area contributed by atoms with Gasteiger partial charge in [0.05, 0.1) is 19.9 Å². The minimum atomic E-state index is -0.361. The Labute approximate surface area is 214 Å². The second kappa shape index (κ2) is 8.95. The van der Waals surface area contributed by atoms with Crippen molar-refractivity contribution < 1.29 is 14.2 Å². The molecule has 1 aromatic heterocycles. The molecular weight excluding hydrogens is 472 g/mol. The molecule has 0 bridgehead atoms. The van der Waals surface area contributed by atoms with Gasteiger partial charge in [-0.3, -0.25) is 0 Å². The van der Waals surface area contributed by atoms with Gasteiger partial charge in [0, 0.05) is 16.7 Å². The Kier molecular flexibility index (Phi) is 5.60. The fourth-order valence-corrected chi connectivity index (χ4v) is 5.24. The number of rotatable bonds is 5. The predicted octanol–water partition coefficient (Wildman–Crippen LogP) is 5.89. The number of aryl methyl sites for hydroxylation is 1. The monoisotopic (exact) mass is 498 g/mol. The summed E-state index contributed by atoms with van der Waals surface area (Å²) in [5, 5.41) is 9.17. The molecule has 0 saturated carbocycles. The lowest BCUT2D eigenvalue weighted by molar-refractivity contribution is 0.222. The first kappa shape index (κ1) is 22.5. The molecule has 3 aromatic carbocycles. The van der Waals surface area contributed by atoms with Gasteiger partial charge in [-0.05, 0) is 55.1 Å². The Morgan fingerprint density at radius 1 is 0.944 bits per heavy atom. The predicted molar refractivity (Wildman–Crippen MR) is 141 cm³/mol. The standard InChI is InChI=1S/C28H26N4O3S/c1-16-8-13-22-21(14-16)24-23(26(35-22)18-6-5-7-20(15-18)34-3)25(17-9-11-19(33-2)12-10-17)32-27(29-24)30-28(31-32)36-4/h5-15,25-26H,1-4H3,(H,29,30,31)/t25-,26+/m1/s1. The molecule has 2 atom stereocenters. The van der Waals surface area contributed by atoms with E-state index in [2.05, 4.69) is 42.6 Å². The summed E-state index contributed by atoms with van der Waals surface area (Å²) in [4.78, 5) is 4.77. The average molecular weight is 499 g/mol. The van der Waals surface area contributed by atoms with Crippen LogP contribution in [0.3, 0.4) is 0 Å². The lowest BCUT2D eigenvalue weighted by Crippen LogP contribution is -2.32. The molecule has 36 heavy (non-hydrogen) atoms. The van der Waals surface area contributed by atoms with E-state index in [0.29, 0.717) is 11.1 Å². The smallest absolute Gasteiger partial charge is 0.227 e. The highest BCUT2D eigenvalue weighted by molar-refractivity contribution is 7.98. The maximum absolute atomic E-state index is 6.74. The number of hydrogen-bond donors (Lipinski definition) is 1. The topological polar surface area (TPSA) is 70.4 Å². The van der Waals surface area contributed by atoms with Gasteiger partial charge in [0.25, 0.3) is 0 Å². The first-order chi connectivity index (χ1) is 17.6. The number of hydrogen-bond acceptors (Lipinski definition) is 7. The molecule has 0 amide bonds. The molecule has 2 aliphatic heterocycles. The summed E-state index contributed by atoms with van der Waals surface area (Å²) in [5.74, 6) is 3.11. The van der Waals surface area contributed by atoms with Crippen molar-refractivity contribution in [1.29, 1.82) is 0 Å². The van der Waals surface area contributed by atoms with Crippen LogP contribution in [-0.2, 0) is 0 Å². The number of nitrogens with one attached hydrogen (secondary N) is 1. The van der Waals surface area contributed by atoms with Crippen LogP contribution in [0.1, 0.15) is 34.4 Å². The lowest BCUT2D eigenvalue weighted by Gasteiger charge is -2.39. The van der Waals surface area contributed by atoms with Gasteiger partial charge in [-0.1, -0.05) is 47.7 Å². The SMILES string of the molecule is COc1ccc([C@@H]2C3=C(Nc4nc(SC)nn42)c2cc(C)ccc2O[C@H]3c2cccc(OC)c2)cc1. The largest absolute Gasteiger partial charge is 0.497 e. The maximum atomic E-state index is 6.74. The third-order valence-corrected chi connectivity index (χ3v) is 7.16. The van der Waals surface area contributed by atoms with Crippen LogP contribution < -0.4 is 19.5 Å². The minimum Gasteiger partial charge on any atom is -0.497 e. The van der Waals surface area contributed by atoms with Gasteiger partial charge in [0.1, 0.15) is 29.4 Å². The highest BCUT2D eigenvalue weighted by Crippen LogP contribution is 2.51. The van der Waals surface area contributed by atoms with E-state index in [1.54, 1.807) is 14.2 Å². The van der Waals surface area contributed by atoms with Gasteiger partial charge in [-0.15, -0.1) is 5.10 Å². The Balaban J connectivity index is 1.62. The number of methoxy groups -OCH3 is 2. The van der Waals surface area contributed by atoms with Crippen molar-refractivity contribution >= 4 is 23.4 Å². The van der Waals surface area contributed by atoms with Gasteiger partial charge >= 0.3 is 0 Å². The van der Waals surface area contributed by atoms with Crippen LogP contribution in [0.4, 0.5) is 5.95 Å². The average Bonchev–Trinajstić information content (AvgIpc) is 3.34. The molecule has 0 saturated heterocycles. The summed E-state index contributed by atoms with van der Waals surface area (Å²) >= 11 is 1.52. The van der Waals surface area contributed by atoms with E-state index in [0.717, 1.165) is 50.8 Å². The Hall–Kier alpha value is -3.91. The normalized spacial score (nSPS) is 17.9. The first-order valence-corrected chi connectivity index (χ1v) is 12.9. The van der Waals surface area contributed by atoms with E-state index in [1.807, 2.05) is 47.3 Å². The van der Waals surface area contributed by atoms with E-state index in [-0.39, 0.29) is 12.1 Å². The van der Waals surface area contributed by atoms with Gasteiger partial charge in [-0.25, -0.2) is 4.68 Å².